The number of piperidine rings is 1. The Bertz CT molecular complexity index is 726. The Morgan fingerprint density at radius 2 is 2.45 bits per heavy atom. The quantitative estimate of drug-likeness (QED) is 0.871. The van der Waals surface area contributed by atoms with E-state index in [1.165, 1.54) is 30.7 Å². The average molecular weight is 315 g/mol. The Balaban J connectivity index is 1.35. The number of fused-ring (bicyclic) bond motifs is 4. The Hall–Kier alpha value is -1.73. The van der Waals surface area contributed by atoms with E-state index in [1.807, 2.05) is 12.1 Å². The van der Waals surface area contributed by atoms with Gasteiger partial charge in [-0.3, -0.25) is 10.2 Å². The Morgan fingerprint density at radius 1 is 1.45 bits per heavy atom. The largest absolute Gasteiger partial charge is 0.455 e. The molecule has 2 saturated heterocycles. The second-order valence-corrected chi connectivity index (χ2v) is 7.31. The van der Waals surface area contributed by atoms with Crippen LogP contribution in [0.1, 0.15) is 12.8 Å². The molecular formula is C15H17N5OS. The van der Waals surface area contributed by atoms with Gasteiger partial charge >= 0.3 is 0 Å². The first-order valence-corrected chi connectivity index (χ1v) is 8.57. The Morgan fingerprint density at radius 3 is 3.36 bits per heavy atom. The van der Waals surface area contributed by atoms with Crippen LogP contribution >= 0.6 is 11.3 Å². The maximum Gasteiger partial charge on any atom is 0.291 e. The highest BCUT2D eigenvalue weighted by atomic mass is 32.1. The fourth-order valence-corrected chi connectivity index (χ4v) is 4.67. The topological polar surface area (TPSA) is 62.6 Å². The molecule has 2 fully saturated rings. The van der Waals surface area contributed by atoms with Gasteiger partial charge in [-0.1, -0.05) is 11.3 Å². The van der Waals surface area contributed by atoms with Gasteiger partial charge in [0.15, 0.2) is 5.13 Å². The summed E-state index contributed by atoms with van der Waals surface area (Å²) in [5.41, 5.74) is 0.805. The lowest BCUT2D eigenvalue weighted by molar-refractivity contribution is 0.0588. The minimum atomic E-state index is -0.103. The number of aliphatic imine (C=N–C) groups is 1. The number of anilines is 1. The third kappa shape index (κ3) is 1.92. The van der Waals surface area contributed by atoms with Gasteiger partial charge < -0.3 is 4.74 Å². The van der Waals surface area contributed by atoms with E-state index in [0.29, 0.717) is 11.9 Å². The molecule has 5 rings (SSSR count). The van der Waals surface area contributed by atoms with Gasteiger partial charge in [-0.15, -0.1) is 0 Å². The number of thiazole rings is 1. The molecule has 2 aromatic heterocycles. The van der Waals surface area contributed by atoms with Crippen LogP contribution in [0.5, 0.6) is 0 Å². The molecule has 0 radical (unpaired) electrons. The van der Waals surface area contributed by atoms with Crippen molar-refractivity contribution in [1.82, 2.24) is 14.9 Å². The molecule has 5 heterocycles. The van der Waals surface area contributed by atoms with Crippen molar-refractivity contribution in [2.75, 3.05) is 31.5 Å². The molecule has 1 N–H and O–H groups in total. The first kappa shape index (κ1) is 12.8. The number of ether oxygens (including phenoxy) is 1. The van der Waals surface area contributed by atoms with Gasteiger partial charge in [0.2, 0.25) is 0 Å². The van der Waals surface area contributed by atoms with Gasteiger partial charge in [-0.25, -0.2) is 15.0 Å². The molecule has 1 spiro atoms. The Labute approximate surface area is 132 Å². The van der Waals surface area contributed by atoms with E-state index in [-0.39, 0.29) is 5.60 Å². The predicted molar refractivity (Wildman–Crippen MR) is 86.3 cm³/mol. The predicted octanol–water partition coefficient (Wildman–Crippen LogP) is 1.95. The molecular weight excluding hydrogens is 298 g/mol. The smallest absolute Gasteiger partial charge is 0.291 e. The number of rotatable bonds is 1. The monoisotopic (exact) mass is 315 g/mol. The highest BCUT2D eigenvalue weighted by Crippen LogP contribution is 2.40. The van der Waals surface area contributed by atoms with Crippen LogP contribution in [0.3, 0.4) is 0 Å². The molecule has 0 amide bonds. The highest BCUT2D eigenvalue weighted by Gasteiger charge is 2.53. The van der Waals surface area contributed by atoms with E-state index >= 15 is 0 Å². The summed E-state index contributed by atoms with van der Waals surface area (Å²) in [6.45, 7) is 4.13. The second kappa shape index (κ2) is 4.63. The summed E-state index contributed by atoms with van der Waals surface area (Å²) in [6, 6.07) is 4.49. The van der Waals surface area contributed by atoms with Crippen LogP contribution in [0.2, 0.25) is 0 Å². The van der Waals surface area contributed by atoms with Crippen LogP contribution in [-0.2, 0) is 4.74 Å². The molecule has 3 atom stereocenters. The van der Waals surface area contributed by atoms with Crippen LogP contribution in [0.15, 0.2) is 23.3 Å². The normalized spacial score (nSPS) is 33.2. The molecule has 0 aromatic carbocycles. The van der Waals surface area contributed by atoms with Gasteiger partial charge in [0, 0.05) is 25.2 Å². The molecule has 0 saturated carbocycles. The number of nitrogens with one attached hydrogen (secondary N) is 1. The van der Waals surface area contributed by atoms with Crippen molar-refractivity contribution in [2.24, 2.45) is 10.9 Å². The number of hydrogen-bond donors (Lipinski definition) is 1. The van der Waals surface area contributed by atoms with E-state index in [1.54, 1.807) is 6.20 Å². The summed E-state index contributed by atoms with van der Waals surface area (Å²) >= 11 is 1.53. The lowest BCUT2D eigenvalue weighted by atomic mass is 9.87. The minimum Gasteiger partial charge on any atom is -0.455 e. The van der Waals surface area contributed by atoms with Gasteiger partial charge in [0.05, 0.1) is 6.54 Å². The zero-order chi connectivity index (χ0) is 14.6. The van der Waals surface area contributed by atoms with E-state index in [2.05, 4.69) is 25.2 Å². The van der Waals surface area contributed by atoms with E-state index in [4.69, 9.17) is 4.74 Å². The number of nitrogens with zero attached hydrogens (tertiary/aromatic N) is 4. The standard InChI is InChI=1S/C15H17N5OS/c1-4-11-12(16-5-1)22-14(18-11)19-13-17-8-15(21-13)9-20-6-2-3-10(15)7-20/h1,4-5,10H,2-3,6-9H2,(H,17,18,19). The van der Waals surface area contributed by atoms with Crippen LogP contribution in [-0.4, -0.2) is 52.7 Å². The molecule has 3 aliphatic rings. The van der Waals surface area contributed by atoms with Crippen molar-refractivity contribution in [3.63, 3.8) is 0 Å². The number of hydrogen-bond acceptors (Lipinski definition) is 7. The van der Waals surface area contributed by atoms with Crippen LogP contribution in [0.4, 0.5) is 5.13 Å². The third-order valence-corrected chi connectivity index (χ3v) is 5.81. The van der Waals surface area contributed by atoms with E-state index in [0.717, 1.165) is 35.1 Å². The van der Waals surface area contributed by atoms with Crippen LogP contribution in [0, 0.1) is 5.92 Å². The van der Waals surface area contributed by atoms with Gasteiger partial charge in [-0.05, 0) is 31.5 Å². The van der Waals surface area contributed by atoms with E-state index < -0.39 is 0 Å². The first-order chi connectivity index (χ1) is 10.8. The Kier molecular flexibility index (Phi) is 2.69. The van der Waals surface area contributed by atoms with Crippen molar-refractivity contribution in [2.45, 2.75) is 18.4 Å². The average Bonchev–Trinajstić information content (AvgIpc) is 3.17. The lowest BCUT2D eigenvalue weighted by Gasteiger charge is -2.28. The maximum absolute atomic E-state index is 6.27. The SMILES string of the molecule is c1cnc2sc(NC3=NCC4(CN5CCCC4C5)O3)nc2c1. The fraction of sp³-hybridized carbons (Fsp3) is 0.533. The van der Waals surface area contributed by atoms with Gasteiger partial charge in [0.1, 0.15) is 15.9 Å². The lowest BCUT2D eigenvalue weighted by Crippen LogP contribution is -2.41. The molecule has 3 unspecified atom stereocenters. The molecule has 0 aliphatic carbocycles. The van der Waals surface area contributed by atoms with Crippen molar-refractivity contribution >= 4 is 32.8 Å². The minimum absolute atomic E-state index is 0.103. The zero-order valence-corrected chi connectivity index (χ0v) is 13.0. The summed E-state index contributed by atoms with van der Waals surface area (Å²) in [7, 11) is 0. The molecule has 22 heavy (non-hydrogen) atoms. The summed E-state index contributed by atoms with van der Waals surface area (Å²) in [4.78, 5) is 16.9. The summed E-state index contributed by atoms with van der Waals surface area (Å²) in [5, 5.41) is 4.04. The number of aromatic nitrogens is 2. The molecule has 3 aliphatic heterocycles. The van der Waals surface area contributed by atoms with Crippen molar-refractivity contribution < 1.29 is 4.74 Å². The summed E-state index contributed by atoms with van der Waals surface area (Å²) in [5.74, 6) is 0.612. The van der Waals surface area contributed by atoms with Crippen LogP contribution in [0.25, 0.3) is 10.3 Å². The molecule has 114 valence electrons. The van der Waals surface area contributed by atoms with Crippen molar-refractivity contribution in [1.29, 1.82) is 0 Å². The number of amidine groups is 1. The second-order valence-electron chi connectivity index (χ2n) is 6.33. The maximum atomic E-state index is 6.27. The summed E-state index contributed by atoms with van der Waals surface area (Å²) in [6.07, 6.45) is 4.32. The molecule has 6 nitrogen and oxygen atoms in total. The van der Waals surface area contributed by atoms with Gasteiger partial charge in [-0.2, -0.15) is 0 Å². The first-order valence-electron chi connectivity index (χ1n) is 7.75. The summed E-state index contributed by atoms with van der Waals surface area (Å²) < 4.78 is 6.27. The van der Waals surface area contributed by atoms with Crippen molar-refractivity contribution in [3.8, 4) is 0 Å². The molecule has 2 bridgehead atoms. The zero-order valence-electron chi connectivity index (χ0n) is 12.2. The third-order valence-electron chi connectivity index (χ3n) is 4.91. The van der Waals surface area contributed by atoms with Gasteiger partial charge in [0.25, 0.3) is 6.02 Å². The number of pyridine rings is 1. The van der Waals surface area contributed by atoms with Crippen LogP contribution < -0.4 is 5.32 Å². The highest BCUT2D eigenvalue weighted by molar-refractivity contribution is 7.21. The fourth-order valence-electron chi connectivity index (χ4n) is 3.87. The molecule has 2 aromatic rings. The van der Waals surface area contributed by atoms with E-state index in [9.17, 15) is 0 Å². The molecule has 7 heteroatoms. The van der Waals surface area contributed by atoms with Crippen molar-refractivity contribution in [3.05, 3.63) is 18.3 Å².